The van der Waals surface area contributed by atoms with Gasteiger partial charge in [-0.2, -0.15) is 10.2 Å². The molecule has 0 bridgehead atoms. The Balaban J connectivity index is 2.25. The summed E-state index contributed by atoms with van der Waals surface area (Å²) in [5.74, 6) is 0. The van der Waals surface area contributed by atoms with Gasteiger partial charge in [-0.15, -0.1) is 0 Å². The van der Waals surface area contributed by atoms with Crippen LogP contribution in [-0.2, 0) is 33.4 Å². The molecule has 0 aliphatic carbocycles. The molecule has 5 nitrogen and oxygen atoms in total. The van der Waals surface area contributed by atoms with Crippen LogP contribution < -0.4 is 5.73 Å². The van der Waals surface area contributed by atoms with Crippen molar-refractivity contribution < 1.29 is 0 Å². The molecule has 0 aliphatic rings. The molecular formula is C14H22ClN5. The van der Waals surface area contributed by atoms with Crippen LogP contribution in [-0.4, -0.2) is 19.6 Å². The number of nitrogens with two attached hydrogens (primary N) is 1. The van der Waals surface area contributed by atoms with Crippen molar-refractivity contribution >= 4 is 11.6 Å². The van der Waals surface area contributed by atoms with Crippen LogP contribution in [0.1, 0.15) is 42.7 Å². The fourth-order valence-electron chi connectivity index (χ4n) is 2.42. The molecule has 6 heteroatoms. The minimum Gasteiger partial charge on any atom is -0.322 e. The number of rotatable bonds is 5. The zero-order valence-corrected chi connectivity index (χ0v) is 13.3. The summed E-state index contributed by atoms with van der Waals surface area (Å²) < 4.78 is 3.69. The third-order valence-electron chi connectivity index (χ3n) is 3.62. The second kappa shape index (κ2) is 5.97. The Morgan fingerprint density at radius 3 is 2.40 bits per heavy atom. The first-order chi connectivity index (χ1) is 9.47. The van der Waals surface area contributed by atoms with Crippen LogP contribution in [0.4, 0.5) is 0 Å². The SMILES string of the molecule is CCc1cc(C(N)Cc2c(Cl)c(CC)nn2C)n(C)n1. The maximum absolute atomic E-state index is 6.37. The maximum Gasteiger partial charge on any atom is 0.0850 e. The summed E-state index contributed by atoms with van der Waals surface area (Å²) in [4.78, 5) is 0. The number of aromatic nitrogens is 4. The van der Waals surface area contributed by atoms with Gasteiger partial charge in [0.15, 0.2) is 0 Å². The predicted octanol–water partition coefficient (Wildman–Crippen LogP) is 2.17. The summed E-state index contributed by atoms with van der Waals surface area (Å²) in [6, 6.07) is 1.93. The van der Waals surface area contributed by atoms with Gasteiger partial charge in [0.2, 0.25) is 0 Å². The fourth-order valence-corrected chi connectivity index (χ4v) is 2.79. The highest BCUT2D eigenvalue weighted by Gasteiger charge is 2.19. The first kappa shape index (κ1) is 15.1. The van der Waals surface area contributed by atoms with Crippen LogP contribution in [0.3, 0.4) is 0 Å². The molecule has 0 radical (unpaired) electrons. The Labute approximate surface area is 124 Å². The van der Waals surface area contributed by atoms with Crippen LogP contribution in [0.25, 0.3) is 0 Å². The smallest absolute Gasteiger partial charge is 0.0850 e. The topological polar surface area (TPSA) is 61.7 Å². The van der Waals surface area contributed by atoms with Gasteiger partial charge in [-0.1, -0.05) is 25.4 Å². The van der Waals surface area contributed by atoms with Gasteiger partial charge in [0, 0.05) is 20.5 Å². The van der Waals surface area contributed by atoms with Gasteiger partial charge in [-0.3, -0.25) is 9.36 Å². The number of nitrogens with zero attached hydrogens (tertiary/aromatic N) is 4. The zero-order valence-electron chi connectivity index (χ0n) is 12.5. The Morgan fingerprint density at radius 1 is 1.20 bits per heavy atom. The average molecular weight is 296 g/mol. The highest BCUT2D eigenvalue weighted by Crippen LogP contribution is 2.25. The number of hydrogen-bond donors (Lipinski definition) is 1. The fraction of sp³-hybridized carbons (Fsp3) is 0.571. The van der Waals surface area contributed by atoms with Crippen LogP contribution in [0.5, 0.6) is 0 Å². The molecule has 2 heterocycles. The molecule has 2 rings (SSSR count). The first-order valence-electron chi connectivity index (χ1n) is 6.96. The van der Waals surface area contributed by atoms with Crippen LogP contribution in [0.15, 0.2) is 6.07 Å². The normalized spacial score (nSPS) is 12.9. The van der Waals surface area contributed by atoms with Gasteiger partial charge in [0.25, 0.3) is 0 Å². The second-order valence-electron chi connectivity index (χ2n) is 5.03. The van der Waals surface area contributed by atoms with Crippen molar-refractivity contribution in [3.05, 3.63) is 33.9 Å². The van der Waals surface area contributed by atoms with Crippen molar-refractivity contribution in [2.45, 2.75) is 39.2 Å². The highest BCUT2D eigenvalue weighted by atomic mass is 35.5. The minimum atomic E-state index is -0.134. The van der Waals surface area contributed by atoms with E-state index in [1.807, 2.05) is 30.4 Å². The Kier molecular flexibility index (Phi) is 4.50. The number of hydrogen-bond acceptors (Lipinski definition) is 3. The third kappa shape index (κ3) is 2.74. The third-order valence-corrected chi connectivity index (χ3v) is 4.06. The quantitative estimate of drug-likeness (QED) is 0.919. The molecule has 0 saturated carbocycles. The largest absolute Gasteiger partial charge is 0.322 e. The van der Waals surface area contributed by atoms with Gasteiger partial charge in [0.05, 0.1) is 33.8 Å². The molecule has 1 unspecified atom stereocenters. The maximum atomic E-state index is 6.37. The standard InChI is InChI=1S/C14H22ClN5/c1-5-9-7-12(19(3)17-9)10(16)8-13-14(15)11(6-2)18-20(13)4/h7,10H,5-6,8,16H2,1-4H3. The van der Waals surface area contributed by atoms with Gasteiger partial charge in [0.1, 0.15) is 0 Å². The van der Waals surface area contributed by atoms with Gasteiger partial charge in [-0.25, -0.2) is 0 Å². The monoisotopic (exact) mass is 295 g/mol. The van der Waals surface area contributed by atoms with E-state index in [-0.39, 0.29) is 6.04 Å². The van der Waals surface area contributed by atoms with Crippen molar-refractivity contribution in [2.24, 2.45) is 19.8 Å². The molecule has 0 fully saturated rings. The lowest BCUT2D eigenvalue weighted by molar-refractivity contribution is 0.586. The molecule has 2 aromatic rings. The Morgan fingerprint density at radius 2 is 1.90 bits per heavy atom. The van der Waals surface area contributed by atoms with Crippen LogP contribution >= 0.6 is 11.6 Å². The molecule has 0 aromatic carbocycles. The molecule has 1 atom stereocenters. The summed E-state index contributed by atoms with van der Waals surface area (Å²) in [6.07, 6.45) is 2.39. The molecule has 0 amide bonds. The summed E-state index contributed by atoms with van der Waals surface area (Å²) >= 11 is 6.37. The molecule has 2 aromatic heterocycles. The zero-order chi connectivity index (χ0) is 14.9. The van der Waals surface area contributed by atoms with Crippen molar-refractivity contribution in [3.8, 4) is 0 Å². The van der Waals surface area contributed by atoms with Crippen molar-refractivity contribution in [3.63, 3.8) is 0 Å². The lowest BCUT2D eigenvalue weighted by atomic mass is 10.1. The molecular weight excluding hydrogens is 274 g/mol. The molecule has 0 saturated heterocycles. The van der Waals surface area contributed by atoms with Gasteiger partial charge in [-0.05, 0) is 18.9 Å². The van der Waals surface area contributed by atoms with E-state index in [2.05, 4.69) is 23.2 Å². The number of halogens is 1. The lowest BCUT2D eigenvalue weighted by Crippen LogP contribution is -2.18. The molecule has 0 aliphatic heterocycles. The van der Waals surface area contributed by atoms with Crippen molar-refractivity contribution in [1.82, 2.24) is 19.6 Å². The van der Waals surface area contributed by atoms with E-state index in [0.29, 0.717) is 6.42 Å². The second-order valence-corrected chi connectivity index (χ2v) is 5.41. The van der Waals surface area contributed by atoms with E-state index in [1.54, 1.807) is 0 Å². The Bertz CT molecular complexity index is 599. The Hall–Kier alpha value is -1.33. The predicted molar refractivity (Wildman–Crippen MR) is 80.8 cm³/mol. The summed E-state index contributed by atoms with van der Waals surface area (Å²) in [6.45, 7) is 4.13. The van der Waals surface area contributed by atoms with E-state index in [0.717, 1.165) is 40.6 Å². The number of aryl methyl sites for hydroxylation is 4. The molecule has 2 N–H and O–H groups in total. The van der Waals surface area contributed by atoms with Crippen molar-refractivity contribution in [2.75, 3.05) is 0 Å². The van der Waals surface area contributed by atoms with Gasteiger partial charge < -0.3 is 5.73 Å². The lowest BCUT2D eigenvalue weighted by Gasteiger charge is -2.12. The van der Waals surface area contributed by atoms with Gasteiger partial charge >= 0.3 is 0 Å². The van der Waals surface area contributed by atoms with Crippen LogP contribution in [0.2, 0.25) is 5.02 Å². The van der Waals surface area contributed by atoms with E-state index in [1.165, 1.54) is 0 Å². The van der Waals surface area contributed by atoms with E-state index in [9.17, 15) is 0 Å². The van der Waals surface area contributed by atoms with E-state index in [4.69, 9.17) is 17.3 Å². The molecule has 110 valence electrons. The van der Waals surface area contributed by atoms with E-state index < -0.39 is 0 Å². The average Bonchev–Trinajstić information content (AvgIpc) is 2.93. The summed E-state index contributed by atoms with van der Waals surface area (Å²) in [7, 11) is 3.84. The highest BCUT2D eigenvalue weighted by molar-refractivity contribution is 6.31. The molecule has 0 spiro atoms. The summed E-state index contributed by atoms with van der Waals surface area (Å²) in [5, 5.41) is 9.60. The summed E-state index contributed by atoms with van der Waals surface area (Å²) in [5.41, 5.74) is 10.3. The van der Waals surface area contributed by atoms with Crippen molar-refractivity contribution in [1.29, 1.82) is 0 Å². The van der Waals surface area contributed by atoms with E-state index >= 15 is 0 Å². The minimum absolute atomic E-state index is 0.134. The first-order valence-corrected chi connectivity index (χ1v) is 7.34. The van der Waals surface area contributed by atoms with Crippen LogP contribution in [0, 0.1) is 0 Å². The molecule has 20 heavy (non-hydrogen) atoms.